The molecule has 5 rings (SSSR count). The van der Waals surface area contributed by atoms with E-state index in [0.29, 0.717) is 35.8 Å². The maximum Gasteiger partial charge on any atom is 0.295 e. The molecule has 1 aliphatic rings. The van der Waals surface area contributed by atoms with Gasteiger partial charge in [0.05, 0.1) is 18.2 Å². The van der Waals surface area contributed by atoms with Crippen LogP contribution in [0.3, 0.4) is 0 Å². The van der Waals surface area contributed by atoms with E-state index in [4.69, 9.17) is 9.47 Å². The van der Waals surface area contributed by atoms with E-state index in [0.717, 1.165) is 24.0 Å². The van der Waals surface area contributed by atoms with Gasteiger partial charge in [-0.05, 0) is 47.4 Å². The van der Waals surface area contributed by atoms with E-state index < -0.39 is 17.7 Å². The van der Waals surface area contributed by atoms with Crippen molar-refractivity contribution >= 4 is 17.4 Å². The van der Waals surface area contributed by atoms with Crippen LogP contribution in [0.25, 0.3) is 5.76 Å². The largest absolute Gasteiger partial charge is 0.507 e. The lowest BCUT2D eigenvalue weighted by molar-refractivity contribution is -0.140. The van der Waals surface area contributed by atoms with Crippen LogP contribution < -0.4 is 9.47 Å². The molecule has 0 aliphatic carbocycles. The zero-order valence-electron chi connectivity index (χ0n) is 23.0. The molecule has 6 heteroatoms. The van der Waals surface area contributed by atoms with Gasteiger partial charge >= 0.3 is 0 Å². The predicted octanol–water partition coefficient (Wildman–Crippen LogP) is 7.07. The molecule has 0 aromatic heterocycles. The number of unbranched alkanes of at least 4 members (excludes halogenated alkanes) is 1. The minimum atomic E-state index is -0.775. The highest BCUT2D eigenvalue weighted by molar-refractivity contribution is 6.46. The first-order valence-electron chi connectivity index (χ1n) is 13.9. The van der Waals surface area contributed by atoms with E-state index in [1.54, 1.807) is 18.2 Å². The molecule has 0 spiro atoms. The highest BCUT2D eigenvalue weighted by atomic mass is 16.5. The van der Waals surface area contributed by atoms with E-state index in [2.05, 4.69) is 6.92 Å². The Bertz CT molecular complexity index is 1510. The molecule has 4 aromatic rings. The molecule has 0 bridgehead atoms. The first kappa shape index (κ1) is 27.7. The van der Waals surface area contributed by atoms with Crippen LogP contribution in [0.4, 0.5) is 0 Å². The molecule has 1 N–H and O–H groups in total. The smallest absolute Gasteiger partial charge is 0.295 e. The van der Waals surface area contributed by atoms with Crippen molar-refractivity contribution in [3.05, 3.63) is 137 Å². The number of hydrogen-bond donors (Lipinski definition) is 1. The summed E-state index contributed by atoms with van der Waals surface area (Å²) >= 11 is 0. The number of amides is 1. The van der Waals surface area contributed by atoms with E-state index in [1.807, 2.05) is 91.0 Å². The molecule has 1 fully saturated rings. The summed E-state index contributed by atoms with van der Waals surface area (Å²) in [6, 6.07) is 32.9. The molecule has 1 unspecified atom stereocenters. The number of aliphatic hydroxyl groups is 1. The maximum atomic E-state index is 13.5. The zero-order valence-corrected chi connectivity index (χ0v) is 23.0. The molecule has 1 saturated heterocycles. The fourth-order valence-corrected chi connectivity index (χ4v) is 4.88. The van der Waals surface area contributed by atoms with Crippen molar-refractivity contribution in [2.24, 2.45) is 0 Å². The average molecular weight is 548 g/mol. The molecule has 208 valence electrons. The summed E-state index contributed by atoms with van der Waals surface area (Å²) in [5, 5.41) is 11.5. The molecule has 0 saturated carbocycles. The minimum absolute atomic E-state index is 0.0505. The maximum absolute atomic E-state index is 13.5. The first-order valence-corrected chi connectivity index (χ1v) is 13.9. The van der Waals surface area contributed by atoms with E-state index in [-0.39, 0.29) is 17.9 Å². The van der Waals surface area contributed by atoms with Crippen LogP contribution in [-0.2, 0) is 22.7 Å². The van der Waals surface area contributed by atoms with Crippen LogP contribution in [0, 0.1) is 0 Å². The zero-order chi connectivity index (χ0) is 28.6. The van der Waals surface area contributed by atoms with Crippen molar-refractivity contribution in [3.8, 4) is 11.5 Å². The number of nitrogens with zero attached hydrogens (tertiary/aromatic N) is 1. The summed E-state index contributed by atoms with van der Waals surface area (Å²) in [4.78, 5) is 28.4. The molecule has 6 nitrogen and oxygen atoms in total. The van der Waals surface area contributed by atoms with Gasteiger partial charge in [-0.15, -0.1) is 0 Å². The van der Waals surface area contributed by atoms with E-state index in [9.17, 15) is 14.7 Å². The molecular formula is C35H33NO5. The number of Topliss-reactive ketones (excluding diaryl/α,β-unsaturated/α-hetero) is 1. The number of aliphatic hydroxyl groups excluding tert-OH is 1. The van der Waals surface area contributed by atoms with E-state index >= 15 is 0 Å². The lowest BCUT2D eigenvalue weighted by atomic mass is 9.95. The highest BCUT2D eigenvalue weighted by Crippen LogP contribution is 2.41. The van der Waals surface area contributed by atoms with Crippen LogP contribution in [0.2, 0.25) is 0 Å². The van der Waals surface area contributed by atoms with Crippen molar-refractivity contribution < 1.29 is 24.2 Å². The number of hydrogen-bond acceptors (Lipinski definition) is 5. The van der Waals surface area contributed by atoms with Gasteiger partial charge in [-0.1, -0.05) is 98.3 Å². The van der Waals surface area contributed by atoms with Crippen molar-refractivity contribution in [3.63, 3.8) is 0 Å². The van der Waals surface area contributed by atoms with Crippen LogP contribution in [0.1, 0.15) is 48.1 Å². The quantitative estimate of drug-likeness (QED) is 0.0941. The highest BCUT2D eigenvalue weighted by Gasteiger charge is 2.46. The van der Waals surface area contributed by atoms with Crippen molar-refractivity contribution in [2.45, 2.75) is 39.0 Å². The second-order valence-corrected chi connectivity index (χ2v) is 9.99. The number of carbonyl (C=O) groups is 2. The second kappa shape index (κ2) is 13.0. The van der Waals surface area contributed by atoms with Crippen molar-refractivity contribution in [2.75, 3.05) is 6.61 Å². The topological polar surface area (TPSA) is 76.1 Å². The molecule has 1 heterocycles. The Morgan fingerprint density at radius 2 is 1.46 bits per heavy atom. The molecule has 41 heavy (non-hydrogen) atoms. The Morgan fingerprint density at radius 3 is 2.15 bits per heavy atom. The monoisotopic (exact) mass is 547 g/mol. The van der Waals surface area contributed by atoms with Crippen LogP contribution >= 0.6 is 0 Å². The Kier molecular flexibility index (Phi) is 8.79. The van der Waals surface area contributed by atoms with Gasteiger partial charge in [-0.25, -0.2) is 0 Å². The van der Waals surface area contributed by atoms with Gasteiger partial charge in [0, 0.05) is 12.1 Å². The van der Waals surface area contributed by atoms with Crippen molar-refractivity contribution in [1.29, 1.82) is 0 Å². The average Bonchev–Trinajstić information content (AvgIpc) is 3.26. The molecule has 1 aliphatic heterocycles. The van der Waals surface area contributed by atoms with Gasteiger partial charge in [-0.2, -0.15) is 0 Å². The van der Waals surface area contributed by atoms with Crippen LogP contribution in [0.5, 0.6) is 11.5 Å². The Balaban J connectivity index is 1.49. The Morgan fingerprint density at radius 1 is 0.780 bits per heavy atom. The van der Waals surface area contributed by atoms with Gasteiger partial charge in [0.15, 0.2) is 0 Å². The van der Waals surface area contributed by atoms with Gasteiger partial charge in [-0.3, -0.25) is 9.59 Å². The fourth-order valence-electron chi connectivity index (χ4n) is 4.88. The van der Waals surface area contributed by atoms with Crippen LogP contribution in [0.15, 0.2) is 115 Å². The summed E-state index contributed by atoms with van der Waals surface area (Å²) in [6.07, 6.45) is 1.91. The lowest BCUT2D eigenvalue weighted by Gasteiger charge is -2.25. The van der Waals surface area contributed by atoms with Gasteiger partial charge in [0.25, 0.3) is 11.7 Å². The molecule has 1 amide bonds. The van der Waals surface area contributed by atoms with Crippen molar-refractivity contribution in [1.82, 2.24) is 4.90 Å². The molecule has 1 atom stereocenters. The second-order valence-electron chi connectivity index (χ2n) is 9.99. The summed E-state index contributed by atoms with van der Waals surface area (Å²) in [5.74, 6) is -0.341. The lowest BCUT2D eigenvalue weighted by Crippen LogP contribution is -2.29. The standard InChI is InChI=1S/C35H33NO5/c1-2-3-21-40-30-16-10-15-28(22-30)33(37)31-32(36(35(39)34(31)38)23-25-11-6-4-7-12-25)27-17-19-29(20-18-27)41-24-26-13-8-5-9-14-26/h4-20,22,32,37H,2-3,21,23-24H2,1H3. The third kappa shape index (κ3) is 6.49. The number of ketones is 1. The third-order valence-electron chi connectivity index (χ3n) is 7.05. The Hall–Kier alpha value is -4.84. The number of benzene rings is 4. The summed E-state index contributed by atoms with van der Waals surface area (Å²) < 4.78 is 11.8. The van der Waals surface area contributed by atoms with E-state index in [1.165, 1.54) is 4.90 Å². The number of ether oxygens (including phenoxy) is 2. The fraction of sp³-hybridized carbons (Fsp3) is 0.200. The first-order chi connectivity index (χ1) is 20.0. The van der Waals surface area contributed by atoms with Gasteiger partial charge < -0.3 is 19.5 Å². The number of likely N-dealkylation sites (tertiary alicyclic amines) is 1. The number of carbonyl (C=O) groups excluding carboxylic acids is 2. The summed E-state index contributed by atoms with van der Waals surface area (Å²) in [5.41, 5.74) is 3.10. The van der Waals surface area contributed by atoms with Gasteiger partial charge in [0.1, 0.15) is 23.9 Å². The third-order valence-corrected chi connectivity index (χ3v) is 7.05. The normalized spacial score (nSPS) is 16.1. The van der Waals surface area contributed by atoms with Gasteiger partial charge in [0.2, 0.25) is 0 Å². The molecule has 0 radical (unpaired) electrons. The predicted molar refractivity (Wildman–Crippen MR) is 158 cm³/mol. The minimum Gasteiger partial charge on any atom is -0.507 e. The summed E-state index contributed by atoms with van der Waals surface area (Å²) in [6.45, 7) is 3.28. The molecule has 4 aromatic carbocycles. The SMILES string of the molecule is CCCCOc1cccc(C(O)=C2C(=O)C(=O)N(Cc3ccccc3)C2c2ccc(OCc3ccccc3)cc2)c1. The van der Waals surface area contributed by atoms with Crippen LogP contribution in [-0.4, -0.2) is 28.3 Å². The number of rotatable bonds is 11. The molecular weight excluding hydrogens is 514 g/mol. The Labute approximate surface area is 240 Å². The summed E-state index contributed by atoms with van der Waals surface area (Å²) in [7, 11) is 0.